The molecule has 1 aromatic carbocycles. The highest BCUT2D eigenvalue weighted by atomic mass is 32.2. The number of amides is 1. The zero-order chi connectivity index (χ0) is 16.8. The van der Waals surface area contributed by atoms with Gasteiger partial charge in [-0.1, -0.05) is 0 Å². The average Bonchev–Trinajstić information content (AvgIpc) is 2.59. The van der Waals surface area contributed by atoms with E-state index in [4.69, 9.17) is 0 Å². The Hall–Kier alpha value is -2.09. The van der Waals surface area contributed by atoms with Crippen LogP contribution >= 0.6 is 11.8 Å². The third-order valence-corrected chi connectivity index (χ3v) is 4.68. The molecule has 0 saturated carbocycles. The van der Waals surface area contributed by atoms with Crippen LogP contribution in [0.1, 0.15) is 29.6 Å². The molecule has 0 radical (unpaired) electrons. The van der Waals surface area contributed by atoms with Crippen LogP contribution < -0.4 is 0 Å². The lowest BCUT2D eigenvalue weighted by Gasteiger charge is -2.26. The molecular formula is C15H18N2O5S. The lowest BCUT2D eigenvalue weighted by molar-refractivity contribution is -0.387. The highest BCUT2D eigenvalue weighted by molar-refractivity contribution is 8.00. The van der Waals surface area contributed by atoms with Crippen molar-refractivity contribution in [2.24, 2.45) is 0 Å². The predicted molar refractivity (Wildman–Crippen MR) is 85.6 cm³/mol. The molecule has 0 spiro atoms. The first-order chi connectivity index (χ1) is 11.0. The van der Waals surface area contributed by atoms with Crippen molar-refractivity contribution in [1.29, 1.82) is 0 Å². The molecule has 1 amide bonds. The second-order valence-corrected chi connectivity index (χ2v) is 6.18. The van der Waals surface area contributed by atoms with Gasteiger partial charge >= 0.3 is 5.97 Å². The van der Waals surface area contributed by atoms with Crippen LogP contribution in [0.4, 0.5) is 5.69 Å². The molecule has 2 rings (SSSR count). The SMILES string of the molecule is COC(=O)c1ccc(SCC(=O)N2CCCCC2)c([N+](=O)[O-])c1. The van der Waals surface area contributed by atoms with E-state index < -0.39 is 10.9 Å². The molecule has 1 fully saturated rings. The Morgan fingerprint density at radius 2 is 2.00 bits per heavy atom. The van der Waals surface area contributed by atoms with E-state index in [1.807, 2.05) is 0 Å². The molecule has 0 aromatic heterocycles. The lowest BCUT2D eigenvalue weighted by atomic mass is 10.1. The normalized spacial score (nSPS) is 14.4. The summed E-state index contributed by atoms with van der Waals surface area (Å²) in [6.07, 6.45) is 3.14. The molecule has 1 aliphatic heterocycles. The molecule has 124 valence electrons. The fraction of sp³-hybridized carbons (Fsp3) is 0.467. The minimum absolute atomic E-state index is 0.0129. The quantitative estimate of drug-likeness (QED) is 0.355. The van der Waals surface area contributed by atoms with Crippen LogP contribution in [0.25, 0.3) is 0 Å². The molecule has 1 heterocycles. The lowest BCUT2D eigenvalue weighted by Crippen LogP contribution is -2.36. The number of esters is 1. The third-order valence-electron chi connectivity index (χ3n) is 3.64. The summed E-state index contributed by atoms with van der Waals surface area (Å²) in [6.45, 7) is 1.51. The van der Waals surface area contributed by atoms with E-state index >= 15 is 0 Å². The Bertz CT molecular complexity index is 614. The number of piperidine rings is 1. The van der Waals surface area contributed by atoms with Crippen molar-refractivity contribution in [2.45, 2.75) is 24.2 Å². The maximum Gasteiger partial charge on any atom is 0.338 e. The smallest absolute Gasteiger partial charge is 0.338 e. The Morgan fingerprint density at radius 3 is 2.61 bits per heavy atom. The fourth-order valence-electron chi connectivity index (χ4n) is 2.40. The van der Waals surface area contributed by atoms with E-state index in [-0.39, 0.29) is 22.9 Å². The minimum atomic E-state index is -0.631. The van der Waals surface area contributed by atoms with E-state index in [0.29, 0.717) is 4.90 Å². The van der Waals surface area contributed by atoms with Gasteiger partial charge in [0.05, 0.1) is 28.2 Å². The molecule has 1 aliphatic rings. The number of carbonyl (C=O) groups is 2. The molecule has 1 aromatic rings. The topological polar surface area (TPSA) is 89.8 Å². The van der Waals surface area contributed by atoms with Crippen LogP contribution in [0.15, 0.2) is 23.1 Å². The first kappa shape index (κ1) is 17.3. The number of carbonyl (C=O) groups excluding carboxylic acids is 2. The maximum atomic E-state index is 12.1. The summed E-state index contributed by atoms with van der Waals surface area (Å²) in [4.78, 5) is 36.4. The summed E-state index contributed by atoms with van der Waals surface area (Å²) in [5.41, 5.74) is -0.0738. The monoisotopic (exact) mass is 338 g/mol. The first-order valence-electron chi connectivity index (χ1n) is 7.30. The van der Waals surface area contributed by atoms with Gasteiger partial charge in [-0.05, 0) is 31.4 Å². The van der Waals surface area contributed by atoms with Gasteiger partial charge in [-0.3, -0.25) is 14.9 Å². The zero-order valence-electron chi connectivity index (χ0n) is 12.8. The van der Waals surface area contributed by atoms with Gasteiger partial charge in [-0.25, -0.2) is 4.79 Å². The number of hydrogen-bond acceptors (Lipinski definition) is 6. The van der Waals surface area contributed by atoms with E-state index in [2.05, 4.69) is 4.74 Å². The third kappa shape index (κ3) is 4.44. The van der Waals surface area contributed by atoms with E-state index in [0.717, 1.165) is 44.1 Å². The molecule has 0 atom stereocenters. The molecule has 23 heavy (non-hydrogen) atoms. The minimum Gasteiger partial charge on any atom is -0.465 e. The number of ether oxygens (including phenoxy) is 1. The standard InChI is InChI=1S/C15H18N2O5S/c1-22-15(19)11-5-6-13(12(9-11)17(20)21)23-10-14(18)16-7-3-2-4-8-16/h5-6,9H,2-4,7-8,10H2,1H3. The maximum absolute atomic E-state index is 12.1. The van der Waals surface area contributed by atoms with Crippen LogP contribution in [0.2, 0.25) is 0 Å². The van der Waals surface area contributed by atoms with Gasteiger partial charge in [0.2, 0.25) is 5.91 Å². The molecule has 1 saturated heterocycles. The number of nitro benzene ring substituents is 1. The number of rotatable bonds is 5. The Labute approximate surface area is 138 Å². The Balaban J connectivity index is 2.08. The molecule has 0 unspecified atom stereocenters. The van der Waals surface area contributed by atoms with Crippen LogP contribution in [-0.4, -0.2) is 47.7 Å². The van der Waals surface area contributed by atoms with Gasteiger partial charge < -0.3 is 9.64 Å². The van der Waals surface area contributed by atoms with E-state index in [1.165, 1.54) is 25.3 Å². The summed E-state index contributed by atoms with van der Waals surface area (Å²) in [5, 5.41) is 11.2. The summed E-state index contributed by atoms with van der Waals surface area (Å²) in [5.74, 6) is -0.492. The van der Waals surface area contributed by atoms with Gasteiger partial charge in [-0.2, -0.15) is 0 Å². The van der Waals surface area contributed by atoms with E-state index in [1.54, 1.807) is 4.90 Å². The zero-order valence-corrected chi connectivity index (χ0v) is 13.6. The van der Waals surface area contributed by atoms with Crippen molar-refractivity contribution >= 4 is 29.3 Å². The number of likely N-dealkylation sites (tertiary alicyclic amines) is 1. The second kappa shape index (κ2) is 7.96. The van der Waals surface area contributed by atoms with Gasteiger partial charge in [0.25, 0.3) is 5.69 Å². The largest absolute Gasteiger partial charge is 0.465 e. The Kier molecular flexibility index (Phi) is 5.97. The average molecular weight is 338 g/mol. The van der Waals surface area contributed by atoms with Crippen molar-refractivity contribution in [3.63, 3.8) is 0 Å². The molecule has 8 heteroatoms. The van der Waals surface area contributed by atoms with Gasteiger partial charge in [-0.15, -0.1) is 11.8 Å². The number of benzene rings is 1. The molecule has 0 N–H and O–H groups in total. The number of methoxy groups -OCH3 is 1. The van der Waals surface area contributed by atoms with Gasteiger partial charge in [0, 0.05) is 19.2 Å². The number of hydrogen-bond donors (Lipinski definition) is 0. The summed E-state index contributed by atoms with van der Waals surface area (Å²) in [6, 6.07) is 4.13. The van der Waals surface area contributed by atoms with Crippen molar-refractivity contribution in [3.05, 3.63) is 33.9 Å². The van der Waals surface area contributed by atoms with Crippen molar-refractivity contribution in [3.8, 4) is 0 Å². The van der Waals surface area contributed by atoms with Crippen LogP contribution in [0.5, 0.6) is 0 Å². The van der Waals surface area contributed by atoms with Crippen molar-refractivity contribution in [1.82, 2.24) is 4.90 Å². The van der Waals surface area contributed by atoms with Crippen LogP contribution in [-0.2, 0) is 9.53 Å². The predicted octanol–water partition coefficient (Wildman–Crippen LogP) is 2.49. The van der Waals surface area contributed by atoms with Crippen LogP contribution in [0.3, 0.4) is 0 Å². The second-order valence-electron chi connectivity index (χ2n) is 5.16. The molecular weight excluding hydrogens is 320 g/mol. The summed E-state index contributed by atoms with van der Waals surface area (Å²) in [7, 11) is 1.22. The van der Waals surface area contributed by atoms with Gasteiger partial charge in [0.1, 0.15) is 0 Å². The highest BCUT2D eigenvalue weighted by Gasteiger charge is 2.21. The highest BCUT2D eigenvalue weighted by Crippen LogP contribution is 2.30. The molecule has 0 aliphatic carbocycles. The van der Waals surface area contributed by atoms with Gasteiger partial charge in [0.15, 0.2) is 0 Å². The van der Waals surface area contributed by atoms with Crippen LogP contribution in [0, 0.1) is 10.1 Å². The van der Waals surface area contributed by atoms with Crippen molar-refractivity contribution in [2.75, 3.05) is 26.0 Å². The fourth-order valence-corrected chi connectivity index (χ4v) is 3.31. The van der Waals surface area contributed by atoms with Crippen molar-refractivity contribution < 1.29 is 19.2 Å². The number of nitro groups is 1. The van der Waals surface area contributed by atoms with E-state index in [9.17, 15) is 19.7 Å². The Morgan fingerprint density at radius 1 is 1.30 bits per heavy atom. The molecule has 0 bridgehead atoms. The first-order valence-corrected chi connectivity index (χ1v) is 8.29. The number of nitrogens with zero attached hydrogens (tertiary/aromatic N) is 2. The molecule has 7 nitrogen and oxygen atoms in total. The number of thioether (sulfide) groups is 1. The summed E-state index contributed by atoms with van der Waals surface area (Å²) < 4.78 is 4.56. The summed E-state index contributed by atoms with van der Waals surface area (Å²) >= 11 is 1.12.